The van der Waals surface area contributed by atoms with Crippen molar-refractivity contribution in [2.45, 2.75) is 4.90 Å². The first-order valence-corrected chi connectivity index (χ1v) is 4.39. The van der Waals surface area contributed by atoms with E-state index in [4.69, 9.17) is 0 Å². The Morgan fingerprint density at radius 2 is 1.90 bits per heavy atom. The van der Waals surface area contributed by atoms with E-state index in [2.05, 4.69) is 30.0 Å². The molecule has 0 atom stereocenters. The molecule has 1 rings (SSSR count). The highest BCUT2D eigenvalue weighted by Gasteiger charge is 1.89. The maximum Gasteiger partial charge on any atom is 0.0835 e. The number of quaternary nitrogens is 1. The number of hydrogen-bond donors (Lipinski definition) is 1. The van der Waals surface area contributed by atoms with E-state index in [0.717, 1.165) is 12.3 Å². The molecule has 3 N–H and O–H groups in total. The first-order chi connectivity index (χ1) is 4.93. The van der Waals surface area contributed by atoms with Crippen LogP contribution >= 0.6 is 11.8 Å². The van der Waals surface area contributed by atoms with Gasteiger partial charge in [0.25, 0.3) is 0 Å². The van der Waals surface area contributed by atoms with Gasteiger partial charge < -0.3 is 5.73 Å². The third-order valence-corrected chi connectivity index (χ3v) is 2.25. The van der Waals surface area contributed by atoms with Gasteiger partial charge in [0.1, 0.15) is 0 Å². The fourth-order valence-corrected chi connectivity index (χ4v) is 1.44. The largest absolute Gasteiger partial charge is 0.357 e. The fourth-order valence-electron chi connectivity index (χ4n) is 0.707. The van der Waals surface area contributed by atoms with Crippen LogP contribution in [0.25, 0.3) is 0 Å². The van der Waals surface area contributed by atoms with Crippen molar-refractivity contribution in [2.24, 2.45) is 0 Å². The lowest BCUT2D eigenvalue weighted by atomic mass is 10.4. The monoisotopic (exact) mass is 154 g/mol. The minimum Gasteiger partial charge on any atom is -0.357 e. The Labute approximate surface area is 65.6 Å². The van der Waals surface area contributed by atoms with Gasteiger partial charge in [-0.3, -0.25) is 0 Å². The summed E-state index contributed by atoms with van der Waals surface area (Å²) in [6, 6.07) is 10.4. The Hall–Kier alpha value is -0.470. The molecule has 0 fully saturated rings. The molecule has 0 radical (unpaired) electrons. The van der Waals surface area contributed by atoms with Gasteiger partial charge >= 0.3 is 0 Å². The summed E-state index contributed by atoms with van der Waals surface area (Å²) in [7, 11) is 0. The van der Waals surface area contributed by atoms with Crippen LogP contribution in [0.4, 0.5) is 0 Å². The summed E-state index contributed by atoms with van der Waals surface area (Å²) in [6.45, 7) is 1.000. The normalized spacial score (nSPS) is 9.70. The summed E-state index contributed by atoms with van der Waals surface area (Å²) >= 11 is 1.86. The molecule has 0 spiro atoms. The Bertz CT molecular complexity index is 174. The second-order valence-electron chi connectivity index (χ2n) is 2.02. The van der Waals surface area contributed by atoms with E-state index < -0.39 is 0 Å². The zero-order chi connectivity index (χ0) is 7.23. The quantitative estimate of drug-likeness (QED) is 0.647. The van der Waals surface area contributed by atoms with Gasteiger partial charge in [0, 0.05) is 10.6 Å². The zero-order valence-electron chi connectivity index (χ0n) is 5.92. The second kappa shape index (κ2) is 4.36. The van der Waals surface area contributed by atoms with Crippen molar-refractivity contribution in [1.82, 2.24) is 0 Å². The van der Waals surface area contributed by atoms with E-state index in [1.165, 1.54) is 4.90 Å². The van der Waals surface area contributed by atoms with Crippen molar-refractivity contribution in [3.8, 4) is 0 Å². The van der Waals surface area contributed by atoms with Gasteiger partial charge in [-0.05, 0) is 12.1 Å². The molecule has 0 unspecified atom stereocenters. The first-order valence-electron chi connectivity index (χ1n) is 3.40. The lowest BCUT2D eigenvalue weighted by molar-refractivity contribution is -0.360. The molecule has 2 heteroatoms. The average molecular weight is 154 g/mol. The maximum absolute atomic E-state index is 3.78. The highest BCUT2D eigenvalue weighted by atomic mass is 32.2. The lowest BCUT2D eigenvalue weighted by Crippen LogP contribution is -2.51. The lowest BCUT2D eigenvalue weighted by Gasteiger charge is -1.95. The number of benzene rings is 1. The minimum absolute atomic E-state index is 1.000. The van der Waals surface area contributed by atoms with Crippen LogP contribution in [0.1, 0.15) is 0 Å². The van der Waals surface area contributed by atoms with Crippen LogP contribution in [0.2, 0.25) is 0 Å². The zero-order valence-corrected chi connectivity index (χ0v) is 6.73. The standard InChI is InChI=1S/C8H11NS/c9-6-7-10-8-4-2-1-3-5-8/h1-5H,6-7,9H2/p+1. The van der Waals surface area contributed by atoms with Gasteiger partial charge in [-0.2, -0.15) is 0 Å². The minimum atomic E-state index is 1.000. The highest BCUT2D eigenvalue weighted by Crippen LogP contribution is 2.14. The predicted octanol–water partition coefficient (Wildman–Crippen LogP) is 1.02. The van der Waals surface area contributed by atoms with Crippen molar-refractivity contribution in [2.75, 3.05) is 12.3 Å². The van der Waals surface area contributed by atoms with Crippen LogP contribution in [-0.2, 0) is 0 Å². The SMILES string of the molecule is [NH3+]CCSc1ccccc1. The first kappa shape index (κ1) is 7.63. The molecular formula is C8H12NS+. The van der Waals surface area contributed by atoms with E-state index >= 15 is 0 Å². The van der Waals surface area contributed by atoms with Crippen LogP contribution in [0, 0.1) is 0 Å². The van der Waals surface area contributed by atoms with Crippen LogP contribution in [-0.4, -0.2) is 12.3 Å². The summed E-state index contributed by atoms with van der Waals surface area (Å²) in [6.07, 6.45) is 0. The van der Waals surface area contributed by atoms with E-state index in [1.807, 2.05) is 17.8 Å². The van der Waals surface area contributed by atoms with Crippen molar-refractivity contribution in [1.29, 1.82) is 0 Å². The summed E-state index contributed by atoms with van der Waals surface area (Å²) in [4.78, 5) is 1.34. The van der Waals surface area contributed by atoms with Crippen LogP contribution in [0.5, 0.6) is 0 Å². The van der Waals surface area contributed by atoms with Gasteiger partial charge in [0.15, 0.2) is 0 Å². The second-order valence-corrected chi connectivity index (χ2v) is 3.18. The third kappa shape index (κ3) is 2.42. The smallest absolute Gasteiger partial charge is 0.0835 e. The summed E-state index contributed by atoms with van der Waals surface area (Å²) < 4.78 is 0. The average Bonchev–Trinajstić information content (AvgIpc) is 2.03. The van der Waals surface area contributed by atoms with Crippen LogP contribution in [0.3, 0.4) is 0 Å². The summed E-state index contributed by atoms with van der Waals surface area (Å²) in [5.41, 5.74) is 3.78. The molecule has 1 aromatic carbocycles. The molecule has 1 nitrogen and oxygen atoms in total. The molecular weight excluding hydrogens is 142 g/mol. The molecule has 0 bridgehead atoms. The van der Waals surface area contributed by atoms with Gasteiger partial charge in [-0.25, -0.2) is 0 Å². The molecule has 0 saturated carbocycles. The topological polar surface area (TPSA) is 27.6 Å². The molecule has 10 heavy (non-hydrogen) atoms. The van der Waals surface area contributed by atoms with E-state index in [1.54, 1.807) is 0 Å². The summed E-state index contributed by atoms with van der Waals surface area (Å²) in [5.74, 6) is 1.12. The Balaban J connectivity index is 2.43. The molecule has 0 aliphatic rings. The van der Waals surface area contributed by atoms with E-state index in [-0.39, 0.29) is 0 Å². The van der Waals surface area contributed by atoms with Crippen LogP contribution in [0.15, 0.2) is 35.2 Å². The number of hydrogen-bond acceptors (Lipinski definition) is 1. The van der Waals surface area contributed by atoms with Crippen molar-refractivity contribution < 1.29 is 5.73 Å². The van der Waals surface area contributed by atoms with Gasteiger partial charge in [0.2, 0.25) is 0 Å². The number of rotatable bonds is 3. The van der Waals surface area contributed by atoms with Gasteiger partial charge in [-0.1, -0.05) is 18.2 Å². The van der Waals surface area contributed by atoms with E-state index in [0.29, 0.717) is 0 Å². The molecule has 0 heterocycles. The van der Waals surface area contributed by atoms with Crippen molar-refractivity contribution in [3.63, 3.8) is 0 Å². The van der Waals surface area contributed by atoms with E-state index in [9.17, 15) is 0 Å². The summed E-state index contributed by atoms with van der Waals surface area (Å²) in [5, 5.41) is 0. The molecule has 1 aromatic rings. The molecule has 54 valence electrons. The molecule has 0 aliphatic heterocycles. The molecule has 0 aliphatic carbocycles. The van der Waals surface area contributed by atoms with Gasteiger partial charge in [-0.15, -0.1) is 11.8 Å². The Morgan fingerprint density at radius 1 is 1.20 bits per heavy atom. The predicted molar refractivity (Wildman–Crippen MR) is 44.9 cm³/mol. The Kier molecular flexibility index (Phi) is 3.33. The third-order valence-electron chi connectivity index (χ3n) is 1.16. The van der Waals surface area contributed by atoms with Crippen LogP contribution < -0.4 is 5.73 Å². The van der Waals surface area contributed by atoms with Gasteiger partial charge in [0.05, 0.1) is 6.54 Å². The molecule has 0 saturated heterocycles. The van der Waals surface area contributed by atoms with Crippen molar-refractivity contribution in [3.05, 3.63) is 30.3 Å². The molecule has 0 amide bonds. The number of thioether (sulfide) groups is 1. The maximum atomic E-state index is 3.78. The Morgan fingerprint density at radius 3 is 2.50 bits per heavy atom. The highest BCUT2D eigenvalue weighted by molar-refractivity contribution is 7.99. The fraction of sp³-hybridized carbons (Fsp3) is 0.250. The van der Waals surface area contributed by atoms with Crippen molar-refractivity contribution >= 4 is 11.8 Å². The molecule has 0 aromatic heterocycles.